The summed E-state index contributed by atoms with van der Waals surface area (Å²) in [5.41, 5.74) is 29.0. The molecule has 0 spiro atoms. The molecule has 0 unspecified atom stereocenters. The SMILES string of the molecule is CC1(C)C2=C(CCC=C2)c2ccc(N(c3ccc4c(c3)C(C)(C)c3ccccc3-4)c3cc4c5c(c3)C(C)(C)c3cc(-c6ccccc6)cc6c3N5c3c(cccc3C4(C)C)C6(C)C)cc21. The Labute approximate surface area is 386 Å². The molecule has 0 radical (unpaired) electrons. The van der Waals surface area contributed by atoms with Gasteiger partial charge in [0.15, 0.2) is 0 Å². The van der Waals surface area contributed by atoms with Crippen molar-refractivity contribution in [3.05, 3.63) is 207 Å². The third-order valence-electron chi connectivity index (χ3n) is 17.2. The van der Waals surface area contributed by atoms with E-state index in [0.29, 0.717) is 0 Å². The number of para-hydroxylation sites is 1. The zero-order chi connectivity index (χ0) is 44.7. The molecule has 7 aromatic carbocycles. The van der Waals surface area contributed by atoms with Gasteiger partial charge in [-0.25, -0.2) is 0 Å². The monoisotopic (exact) mass is 842 g/mol. The third kappa shape index (κ3) is 4.85. The van der Waals surface area contributed by atoms with E-state index in [1.807, 2.05) is 0 Å². The minimum Gasteiger partial charge on any atom is -0.310 e. The molecule has 0 amide bonds. The van der Waals surface area contributed by atoms with Crippen molar-refractivity contribution in [3.8, 4) is 22.3 Å². The van der Waals surface area contributed by atoms with Gasteiger partial charge in [-0.1, -0.05) is 166 Å². The van der Waals surface area contributed by atoms with E-state index >= 15 is 0 Å². The van der Waals surface area contributed by atoms with Gasteiger partial charge >= 0.3 is 0 Å². The Morgan fingerprint density at radius 3 is 1.51 bits per heavy atom. The second-order valence-electron chi connectivity index (χ2n) is 22.5. The molecule has 0 N–H and O–H groups in total. The van der Waals surface area contributed by atoms with Gasteiger partial charge in [0.2, 0.25) is 0 Å². The van der Waals surface area contributed by atoms with E-state index < -0.39 is 0 Å². The van der Waals surface area contributed by atoms with Gasteiger partial charge in [-0.2, -0.15) is 0 Å². The van der Waals surface area contributed by atoms with Gasteiger partial charge in [0.1, 0.15) is 0 Å². The van der Waals surface area contributed by atoms with Crippen molar-refractivity contribution in [1.29, 1.82) is 0 Å². The third-order valence-corrected chi connectivity index (χ3v) is 17.2. The zero-order valence-electron chi connectivity index (χ0n) is 39.7. The van der Waals surface area contributed by atoms with Crippen molar-refractivity contribution in [1.82, 2.24) is 0 Å². The Morgan fingerprint density at radius 1 is 0.385 bits per heavy atom. The van der Waals surface area contributed by atoms with Gasteiger partial charge in [0.25, 0.3) is 0 Å². The van der Waals surface area contributed by atoms with Crippen molar-refractivity contribution in [2.24, 2.45) is 0 Å². The number of rotatable bonds is 4. The van der Waals surface area contributed by atoms with Crippen LogP contribution in [0.25, 0.3) is 27.8 Å². The summed E-state index contributed by atoms with van der Waals surface area (Å²) in [7, 11) is 0. The van der Waals surface area contributed by atoms with Crippen LogP contribution in [0.1, 0.15) is 138 Å². The lowest BCUT2D eigenvalue weighted by molar-refractivity contribution is 0.567. The van der Waals surface area contributed by atoms with Crippen LogP contribution in [0.2, 0.25) is 0 Å². The Kier molecular flexibility index (Phi) is 7.50. The summed E-state index contributed by atoms with van der Waals surface area (Å²) in [5, 5.41) is 0. The second-order valence-corrected chi connectivity index (χ2v) is 22.5. The number of hydrogen-bond acceptors (Lipinski definition) is 2. The maximum absolute atomic E-state index is 2.71. The van der Waals surface area contributed by atoms with Crippen LogP contribution in [0.5, 0.6) is 0 Å². The zero-order valence-corrected chi connectivity index (χ0v) is 39.7. The fourth-order valence-corrected chi connectivity index (χ4v) is 13.5. The van der Waals surface area contributed by atoms with Crippen LogP contribution in [0.15, 0.2) is 151 Å². The molecule has 6 aliphatic rings. The van der Waals surface area contributed by atoms with E-state index in [-0.39, 0.29) is 27.1 Å². The lowest BCUT2D eigenvalue weighted by Crippen LogP contribution is -2.43. The molecule has 13 rings (SSSR count). The number of benzene rings is 7. The van der Waals surface area contributed by atoms with Gasteiger partial charge < -0.3 is 9.80 Å². The maximum Gasteiger partial charge on any atom is 0.0545 e. The highest BCUT2D eigenvalue weighted by Crippen LogP contribution is 2.67. The lowest BCUT2D eigenvalue weighted by Gasteiger charge is -2.55. The van der Waals surface area contributed by atoms with Crippen LogP contribution < -0.4 is 9.80 Å². The number of allylic oxidation sites excluding steroid dienone is 4. The van der Waals surface area contributed by atoms with Crippen LogP contribution in [-0.4, -0.2) is 0 Å². The molecule has 65 heavy (non-hydrogen) atoms. The highest BCUT2D eigenvalue weighted by molar-refractivity contribution is 6.01. The highest BCUT2D eigenvalue weighted by Gasteiger charge is 2.52. The molecule has 3 aliphatic carbocycles. The molecule has 7 aromatic rings. The molecule has 0 fully saturated rings. The second kappa shape index (κ2) is 12.5. The first-order valence-corrected chi connectivity index (χ1v) is 24.0. The summed E-state index contributed by atoms with van der Waals surface area (Å²) in [4.78, 5) is 5.32. The Hall–Kier alpha value is -6.38. The average molecular weight is 843 g/mol. The summed E-state index contributed by atoms with van der Waals surface area (Å²) >= 11 is 0. The summed E-state index contributed by atoms with van der Waals surface area (Å²) < 4.78 is 0. The number of hydrogen-bond donors (Lipinski definition) is 0. The van der Waals surface area contributed by atoms with E-state index in [2.05, 4.69) is 225 Å². The van der Waals surface area contributed by atoms with Crippen LogP contribution in [-0.2, 0) is 27.1 Å². The minimum absolute atomic E-state index is 0.0853. The van der Waals surface area contributed by atoms with E-state index in [0.717, 1.165) is 12.8 Å². The van der Waals surface area contributed by atoms with E-state index in [1.165, 1.54) is 123 Å². The average Bonchev–Trinajstić information content (AvgIpc) is 3.67. The Morgan fingerprint density at radius 2 is 0.862 bits per heavy atom. The van der Waals surface area contributed by atoms with Gasteiger partial charge in [-0.3, -0.25) is 0 Å². The molecule has 2 nitrogen and oxygen atoms in total. The van der Waals surface area contributed by atoms with Crippen molar-refractivity contribution in [2.75, 3.05) is 9.80 Å². The van der Waals surface area contributed by atoms with Gasteiger partial charge in [0.05, 0.1) is 17.1 Å². The first-order valence-electron chi connectivity index (χ1n) is 24.0. The molecule has 0 saturated heterocycles. The molecular formula is C63H58N2. The van der Waals surface area contributed by atoms with E-state index in [4.69, 9.17) is 0 Å². The topological polar surface area (TPSA) is 6.48 Å². The van der Waals surface area contributed by atoms with Crippen molar-refractivity contribution in [2.45, 2.75) is 109 Å². The van der Waals surface area contributed by atoms with Crippen LogP contribution in [0.4, 0.5) is 34.1 Å². The molecule has 0 bridgehead atoms. The summed E-state index contributed by atoms with van der Waals surface area (Å²) in [6, 6.07) is 52.1. The van der Waals surface area contributed by atoms with Gasteiger partial charge in [-0.05, 0) is 150 Å². The number of fused-ring (bicyclic) bond motifs is 5. The van der Waals surface area contributed by atoms with Crippen LogP contribution in [0, 0.1) is 0 Å². The molecule has 0 aromatic heterocycles. The van der Waals surface area contributed by atoms with Crippen molar-refractivity contribution in [3.63, 3.8) is 0 Å². The summed E-state index contributed by atoms with van der Waals surface area (Å²) in [6.07, 6.45) is 7.00. The normalized spacial score (nSPS) is 19.3. The largest absolute Gasteiger partial charge is 0.310 e. The summed E-state index contributed by atoms with van der Waals surface area (Å²) in [6.45, 7) is 24.5. The van der Waals surface area contributed by atoms with Gasteiger partial charge in [0, 0.05) is 44.1 Å². The standard InChI is InChI=1S/C63H58N2/c1-59(2)46-23-16-14-21-42(46)44-29-27-39(33-50(44)59)64(40-28-30-45-43-22-15-17-24-47(43)60(3,4)51(45)34-40)41-35-54-58-55(36-41)63(9,10)53-32-38(37-19-12-11-13-20-37)31-52-57(53)65(58)56-48(61(52,5)6)25-18-26-49(56)62(54,7)8/h11-14,16-21,23-36H,15,22H2,1-10H3. The molecule has 3 heterocycles. The van der Waals surface area contributed by atoms with Crippen molar-refractivity contribution >= 4 is 39.7 Å². The molecular weight excluding hydrogens is 785 g/mol. The molecule has 0 atom stereocenters. The number of nitrogens with zero attached hydrogens (tertiary/aromatic N) is 2. The smallest absolute Gasteiger partial charge is 0.0545 e. The van der Waals surface area contributed by atoms with Gasteiger partial charge in [-0.15, -0.1) is 0 Å². The molecule has 320 valence electrons. The van der Waals surface area contributed by atoms with Crippen LogP contribution >= 0.6 is 0 Å². The Bertz CT molecular complexity index is 3350. The summed E-state index contributed by atoms with van der Waals surface area (Å²) in [5.74, 6) is 0. The van der Waals surface area contributed by atoms with E-state index in [1.54, 1.807) is 0 Å². The molecule has 3 aliphatic heterocycles. The minimum atomic E-state index is -0.316. The quantitative estimate of drug-likeness (QED) is 0.174. The fourth-order valence-electron chi connectivity index (χ4n) is 13.5. The van der Waals surface area contributed by atoms with Crippen LogP contribution in [0.3, 0.4) is 0 Å². The molecule has 2 heteroatoms. The lowest BCUT2D eigenvalue weighted by atomic mass is 9.60. The number of anilines is 6. The Balaban J connectivity index is 1.10. The highest BCUT2D eigenvalue weighted by atomic mass is 15.2. The molecule has 0 saturated carbocycles. The maximum atomic E-state index is 2.71. The first-order chi connectivity index (χ1) is 31.0. The first kappa shape index (κ1) is 39.0. The van der Waals surface area contributed by atoms with Crippen molar-refractivity contribution < 1.29 is 0 Å². The van der Waals surface area contributed by atoms with E-state index in [9.17, 15) is 0 Å². The predicted octanol–water partition coefficient (Wildman–Crippen LogP) is 16.9. The fraction of sp³-hybridized carbons (Fsp3) is 0.270. The predicted molar refractivity (Wildman–Crippen MR) is 274 cm³/mol.